The van der Waals surface area contributed by atoms with Crippen LogP contribution in [0, 0.1) is 6.57 Å². The zero-order chi connectivity index (χ0) is 19.6. The molecule has 7 heteroatoms. The van der Waals surface area contributed by atoms with Crippen LogP contribution in [0.1, 0.15) is 11.1 Å². The lowest BCUT2D eigenvalue weighted by molar-refractivity contribution is -0.136. The third-order valence-electron chi connectivity index (χ3n) is 4.02. The Kier molecular flexibility index (Phi) is 5.06. The Hall–Kier alpha value is -3.04. The first-order valence-corrected chi connectivity index (χ1v) is 8.21. The number of benzene rings is 2. The van der Waals surface area contributed by atoms with Gasteiger partial charge in [-0.3, -0.25) is 4.79 Å². The van der Waals surface area contributed by atoms with Crippen molar-refractivity contribution in [1.29, 1.82) is 0 Å². The van der Waals surface area contributed by atoms with Crippen LogP contribution in [0.3, 0.4) is 0 Å². The van der Waals surface area contributed by atoms with E-state index in [-0.39, 0.29) is 12.2 Å². The van der Waals surface area contributed by atoms with Crippen molar-refractivity contribution in [2.45, 2.75) is 12.7 Å². The molecule has 0 aliphatic heterocycles. The van der Waals surface area contributed by atoms with E-state index < -0.39 is 23.0 Å². The first kappa shape index (κ1) is 18.7. The van der Waals surface area contributed by atoms with Crippen molar-refractivity contribution in [3.05, 3.63) is 98.6 Å². The summed E-state index contributed by atoms with van der Waals surface area (Å²) in [6, 6.07) is 15.8. The van der Waals surface area contributed by atoms with Gasteiger partial charge in [0.1, 0.15) is 0 Å². The molecule has 0 bridgehead atoms. The highest BCUT2D eigenvalue weighted by Crippen LogP contribution is 2.37. The average molecular weight is 389 g/mol. The molecular weight excluding hydrogens is 377 g/mol. The van der Waals surface area contributed by atoms with Gasteiger partial charge in [-0.25, -0.2) is 4.85 Å². The molecule has 136 valence electrons. The second kappa shape index (κ2) is 7.29. The highest BCUT2D eigenvalue weighted by Gasteiger charge is 2.36. The van der Waals surface area contributed by atoms with Gasteiger partial charge in [0.05, 0.1) is 12.1 Å². The van der Waals surface area contributed by atoms with Crippen molar-refractivity contribution >= 4 is 17.3 Å². The lowest BCUT2D eigenvalue weighted by Crippen LogP contribution is -2.25. The van der Waals surface area contributed by atoms with Crippen molar-refractivity contribution in [3.63, 3.8) is 0 Å². The maximum atomic E-state index is 13.4. The molecule has 0 spiro atoms. The van der Waals surface area contributed by atoms with Crippen LogP contribution in [0.5, 0.6) is 0 Å². The molecule has 1 aromatic heterocycles. The summed E-state index contributed by atoms with van der Waals surface area (Å²) >= 11 is 5.86. The molecule has 0 unspecified atom stereocenters. The minimum Gasteiger partial charge on any atom is -0.313 e. The molecule has 0 aliphatic carbocycles. The second-order valence-corrected chi connectivity index (χ2v) is 6.22. The Morgan fingerprint density at radius 3 is 2.22 bits per heavy atom. The number of pyridine rings is 1. The number of halogens is 4. The zero-order valence-electron chi connectivity index (χ0n) is 13.8. The molecule has 0 N–H and O–H groups in total. The molecule has 0 amide bonds. The maximum Gasteiger partial charge on any atom is 0.407 e. The van der Waals surface area contributed by atoms with Crippen LogP contribution < -0.4 is 5.56 Å². The van der Waals surface area contributed by atoms with Crippen LogP contribution in [0.15, 0.2) is 65.5 Å². The Bertz CT molecular complexity index is 1070. The predicted molar refractivity (Wildman–Crippen MR) is 98.0 cm³/mol. The van der Waals surface area contributed by atoms with Gasteiger partial charge in [0.25, 0.3) is 11.2 Å². The van der Waals surface area contributed by atoms with E-state index in [2.05, 4.69) is 4.85 Å². The summed E-state index contributed by atoms with van der Waals surface area (Å²) in [6.07, 6.45) is -4.80. The van der Waals surface area contributed by atoms with Gasteiger partial charge in [0.15, 0.2) is 0 Å². The number of hydrogen-bond acceptors (Lipinski definition) is 1. The van der Waals surface area contributed by atoms with E-state index in [1.54, 1.807) is 54.6 Å². The van der Waals surface area contributed by atoms with Crippen molar-refractivity contribution in [2.24, 2.45) is 0 Å². The van der Waals surface area contributed by atoms with Gasteiger partial charge in [0, 0.05) is 17.3 Å². The summed E-state index contributed by atoms with van der Waals surface area (Å²) in [6.45, 7) is 7.09. The second-order valence-electron chi connectivity index (χ2n) is 5.79. The van der Waals surface area contributed by atoms with Crippen LogP contribution in [-0.2, 0) is 12.7 Å². The highest BCUT2D eigenvalue weighted by atomic mass is 35.5. The zero-order valence-corrected chi connectivity index (χ0v) is 14.6. The molecule has 0 aliphatic rings. The summed E-state index contributed by atoms with van der Waals surface area (Å²) in [5.74, 6) is 0. The fourth-order valence-corrected chi connectivity index (χ4v) is 2.86. The summed E-state index contributed by atoms with van der Waals surface area (Å²) in [5.41, 5.74) is -1.92. The standard InChI is InChI=1S/C20H12ClF3N2O/c1-25-18-16(20(22,23)24)11-17(14-5-3-2-4-6-14)26(19(18)27)12-13-7-9-15(21)10-8-13/h2-11H,12H2. The minimum absolute atomic E-state index is 0.0148. The van der Waals surface area contributed by atoms with E-state index in [1.807, 2.05) is 0 Å². The number of alkyl halides is 3. The van der Waals surface area contributed by atoms with Crippen molar-refractivity contribution < 1.29 is 13.2 Å². The summed E-state index contributed by atoms with van der Waals surface area (Å²) in [4.78, 5) is 15.6. The first-order valence-electron chi connectivity index (χ1n) is 7.83. The van der Waals surface area contributed by atoms with Gasteiger partial charge in [-0.05, 0) is 29.3 Å². The molecule has 27 heavy (non-hydrogen) atoms. The third kappa shape index (κ3) is 3.88. The largest absolute Gasteiger partial charge is 0.407 e. The predicted octanol–water partition coefficient (Wildman–Crippen LogP) is 5.79. The van der Waals surface area contributed by atoms with E-state index in [0.29, 0.717) is 16.1 Å². The van der Waals surface area contributed by atoms with Crippen LogP contribution in [0.2, 0.25) is 5.02 Å². The smallest absolute Gasteiger partial charge is 0.313 e. The molecule has 3 rings (SSSR count). The van der Waals surface area contributed by atoms with Crippen LogP contribution in [0.25, 0.3) is 16.1 Å². The lowest BCUT2D eigenvalue weighted by Gasteiger charge is -2.18. The normalized spacial score (nSPS) is 11.2. The van der Waals surface area contributed by atoms with E-state index in [4.69, 9.17) is 18.2 Å². The van der Waals surface area contributed by atoms with Gasteiger partial charge in [-0.15, -0.1) is 0 Å². The molecular formula is C20H12ClF3N2O. The van der Waals surface area contributed by atoms with Gasteiger partial charge in [0.2, 0.25) is 0 Å². The molecule has 1 heterocycles. The number of hydrogen-bond donors (Lipinski definition) is 0. The summed E-state index contributed by atoms with van der Waals surface area (Å²) in [7, 11) is 0. The first-order chi connectivity index (χ1) is 12.8. The van der Waals surface area contributed by atoms with E-state index >= 15 is 0 Å². The van der Waals surface area contributed by atoms with Crippen molar-refractivity contribution in [2.75, 3.05) is 0 Å². The average Bonchev–Trinajstić information content (AvgIpc) is 2.64. The van der Waals surface area contributed by atoms with Crippen molar-refractivity contribution in [3.8, 4) is 11.3 Å². The molecule has 2 aromatic carbocycles. The molecule has 0 saturated heterocycles. The van der Waals surface area contributed by atoms with Gasteiger partial charge >= 0.3 is 6.18 Å². The highest BCUT2D eigenvalue weighted by molar-refractivity contribution is 6.30. The quantitative estimate of drug-likeness (QED) is 0.522. The Morgan fingerprint density at radius 2 is 1.67 bits per heavy atom. The monoisotopic (exact) mass is 388 g/mol. The van der Waals surface area contributed by atoms with E-state index in [0.717, 1.165) is 6.07 Å². The van der Waals surface area contributed by atoms with Crippen LogP contribution in [-0.4, -0.2) is 4.57 Å². The van der Waals surface area contributed by atoms with Gasteiger partial charge in [-0.1, -0.05) is 54.1 Å². The van der Waals surface area contributed by atoms with E-state index in [1.165, 1.54) is 4.57 Å². The van der Waals surface area contributed by atoms with Crippen LogP contribution >= 0.6 is 11.6 Å². The van der Waals surface area contributed by atoms with E-state index in [9.17, 15) is 18.0 Å². The lowest BCUT2D eigenvalue weighted by atomic mass is 10.1. The molecule has 0 radical (unpaired) electrons. The number of aromatic nitrogens is 1. The third-order valence-corrected chi connectivity index (χ3v) is 4.27. The minimum atomic E-state index is -4.80. The van der Waals surface area contributed by atoms with Crippen LogP contribution in [0.4, 0.5) is 18.9 Å². The topological polar surface area (TPSA) is 26.4 Å². The van der Waals surface area contributed by atoms with Gasteiger partial charge < -0.3 is 4.57 Å². The fraction of sp³-hybridized carbons (Fsp3) is 0.100. The SMILES string of the molecule is [C-]#[N+]c1c(C(F)(F)F)cc(-c2ccccc2)n(Cc2ccc(Cl)cc2)c1=O. The maximum absolute atomic E-state index is 13.4. The molecule has 0 fully saturated rings. The summed E-state index contributed by atoms with van der Waals surface area (Å²) < 4.78 is 41.4. The number of nitrogens with zero attached hydrogens (tertiary/aromatic N) is 2. The Labute approximate surface area is 158 Å². The van der Waals surface area contributed by atoms with Gasteiger partial charge in [-0.2, -0.15) is 13.2 Å². The fourth-order valence-electron chi connectivity index (χ4n) is 2.74. The molecule has 0 atom stereocenters. The molecule has 3 aromatic rings. The van der Waals surface area contributed by atoms with Crippen molar-refractivity contribution in [1.82, 2.24) is 4.57 Å². The Balaban J connectivity index is 2.28. The Morgan fingerprint density at radius 1 is 1.04 bits per heavy atom. The summed E-state index contributed by atoms with van der Waals surface area (Å²) in [5, 5.41) is 0.503. The number of rotatable bonds is 3. The molecule has 3 nitrogen and oxygen atoms in total. The molecule has 0 saturated carbocycles.